The molecule has 1 aromatic carbocycles. The van der Waals surface area contributed by atoms with Gasteiger partial charge in [0.1, 0.15) is 11.3 Å². The number of ether oxygens (including phenoxy) is 1. The van der Waals surface area contributed by atoms with Crippen LogP contribution >= 0.6 is 0 Å². The molecule has 0 saturated heterocycles. The number of carboxylic acids is 1. The molecule has 5 nitrogen and oxygen atoms in total. The average molecular weight is 230 g/mol. The number of hydrogen-bond donors (Lipinski definition) is 1. The standard InChI is InChI=1S/C12H10N2O3/c1-8-4-5-9(12(15)16)10(7-8)17-11-3-2-6-13-14-11/h2-7H,1H3,(H,15,16). The van der Waals surface area contributed by atoms with Gasteiger partial charge in [0.15, 0.2) is 0 Å². The van der Waals surface area contributed by atoms with Crippen LogP contribution in [0.2, 0.25) is 0 Å². The van der Waals surface area contributed by atoms with Crippen molar-refractivity contribution in [1.29, 1.82) is 0 Å². The lowest BCUT2D eigenvalue weighted by Crippen LogP contribution is -2.01. The molecule has 0 atom stereocenters. The molecule has 0 unspecified atom stereocenters. The van der Waals surface area contributed by atoms with E-state index in [1.54, 1.807) is 24.3 Å². The fraction of sp³-hybridized carbons (Fsp3) is 0.0833. The predicted octanol–water partition coefficient (Wildman–Crippen LogP) is 2.28. The van der Waals surface area contributed by atoms with Crippen molar-refractivity contribution in [3.05, 3.63) is 47.7 Å². The molecule has 0 aliphatic heterocycles. The lowest BCUT2D eigenvalue weighted by atomic mass is 10.1. The first-order valence-corrected chi connectivity index (χ1v) is 4.96. The Morgan fingerprint density at radius 1 is 1.35 bits per heavy atom. The fourth-order valence-electron chi connectivity index (χ4n) is 1.35. The van der Waals surface area contributed by atoms with E-state index in [-0.39, 0.29) is 17.2 Å². The molecule has 2 aromatic rings. The van der Waals surface area contributed by atoms with Crippen molar-refractivity contribution in [2.75, 3.05) is 0 Å². The summed E-state index contributed by atoms with van der Waals surface area (Å²) in [6, 6.07) is 8.15. The summed E-state index contributed by atoms with van der Waals surface area (Å²) in [5, 5.41) is 16.4. The van der Waals surface area contributed by atoms with E-state index in [0.717, 1.165) is 5.56 Å². The van der Waals surface area contributed by atoms with Crippen molar-refractivity contribution in [2.45, 2.75) is 6.92 Å². The molecular weight excluding hydrogens is 220 g/mol. The number of rotatable bonds is 3. The Morgan fingerprint density at radius 2 is 2.18 bits per heavy atom. The Bertz CT molecular complexity index is 541. The van der Waals surface area contributed by atoms with Crippen LogP contribution in [0, 0.1) is 6.92 Å². The number of nitrogens with zero attached hydrogens (tertiary/aromatic N) is 2. The number of aryl methyl sites for hydroxylation is 1. The number of carboxylic acid groups (broad SMARTS) is 1. The third kappa shape index (κ3) is 2.57. The van der Waals surface area contributed by atoms with E-state index >= 15 is 0 Å². The molecule has 86 valence electrons. The molecule has 2 rings (SSSR count). The van der Waals surface area contributed by atoms with Gasteiger partial charge in [0.05, 0.1) is 0 Å². The summed E-state index contributed by atoms with van der Waals surface area (Å²) in [5.74, 6) is -0.512. The maximum absolute atomic E-state index is 11.0. The lowest BCUT2D eigenvalue weighted by Gasteiger charge is -2.07. The number of aromatic carboxylic acids is 1. The molecule has 0 aliphatic carbocycles. The highest BCUT2D eigenvalue weighted by Crippen LogP contribution is 2.24. The van der Waals surface area contributed by atoms with E-state index < -0.39 is 5.97 Å². The topological polar surface area (TPSA) is 72.3 Å². The highest BCUT2D eigenvalue weighted by molar-refractivity contribution is 5.91. The van der Waals surface area contributed by atoms with E-state index in [0.29, 0.717) is 0 Å². The van der Waals surface area contributed by atoms with E-state index in [2.05, 4.69) is 10.2 Å². The normalized spacial score (nSPS) is 9.94. The zero-order valence-electron chi connectivity index (χ0n) is 9.12. The molecule has 0 radical (unpaired) electrons. The van der Waals surface area contributed by atoms with Crippen LogP contribution in [0.15, 0.2) is 36.5 Å². The van der Waals surface area contributed by atoms with Gasteiger partial charge in [-0.15, -0.1) is 5.10 Å². The lowest BCUT2D eigenvalue weighted by molar-refractivity contribution is 0.0694. The van der Waals surface area contributed by atoms with Crippen LogP contribution in [0.4, 0.5) is 0 Å². The van der Waals surface area contributed by atoms with E-state index in [9.17, 15) is 4.79 Å². The second-order valence-electron chi connectivity index (χ2n) is 3.47. The van der Waals surface area contributed by atoms with Crippen molar-refractivity contribution < 1.29 is 14.6 Å². The Balaban J connectivity index is 2.37. The molecule has 0 amide bonds. The number of hydrogen-bond acceptors (Lipinski definition) is 4. The summed E-state index contributed by atoms with van der Waals surface area (Å²) in [5.41, 5.74) is 1.01. The smallest absolute Gasteiger partial charge is 0.339 e. The third-order valence-electron chi connectivity index (χ3n) is 2.13. The fourth-order valence-corrected chi connectivity index (χ4v) is 1.35. The van der Waals surface area contributed by atoms with Gasteiger partial charge in [-0.2, -0.15) is 5.10 Å². The number of benzene rings is 1. The SMILES string of the molecule is Cc1ccc(C(=O)O)c(Oc2cccnn2)c1. The minimum Gasteiger partial charge on any atom is -0.478 e. The van der Waals surface area contributed by atoms with Crippen molar-refractivity contribution in [3.8, 4) is 11.6 Å². The quantitative estimate of drug-likeness (QED) is 0.875. The zero-order valence-corrected chi connectivity index (χ0v) is 9.12. The Kier molecular flexibility index (Phi) is 3.00. The van der Waals surface area contributed by atoms with Gasteiger partial charge in [0.25, 0.3) is 0 Å². The summed E-state index contributed by atoms with van der Waals surface area (Å²) in [6.07, 6.45) is 1.52. The molecule has 1 N–H and O–H groups in total. The number of aromatic nitrogens is 2. The summed E-state index contributed by atoms with van der Waals surface area (Å²) < 4.78 is 5.40. The summed E-state index contributed by atoms with van der Waals surface area (Å²) in [4.78, 5) is 11.0. The summed E-state index contributed by atoms with van der Waals surface area (Å²) in [6.45, 7) is 1.86. The van der Waals surface area contributed by atoms with Crippen LogP contribution in [-0.2, 0) is 0 Å². The van der Waals surface area contributed by atoms with E-state index in [1.807, 2.05) is 6.92 Å². The molecule has 1 heterocycles. The van der Waals surface area contributed by atoms with Gasteiger partial charge in [-0.25, -0.2) is 4.79 Å². The summed E-state index contributed by atoms with van der Waals surface area (Å²) >= 11 is 0. The molecule has 5 heteroatoms. The van der Waals surface area contributed by atoms with E-state index in [1.165, 1.54) is 12.3 Å². The van der Waals surface area contributed by atoms with Gasteiger partial charge in [-0.05, 0) is 30.7 Å². The first-order chi connectivity index (χ1) is 8.16. The molecule has 0 fully saturated rings. The van der Waals surface area contributed by atoms with Gasteiger partial charge in [-0.1, -0.05) is 6.07 Å². The second kappa shape index (κ2) is 4.61. The van der Waals surface area contributed by atoms with Crippen LogP contribution in [0.1, 0.15) is 15.9 Å². The summed E-state index contributed by atoms with van der Waals surface area (Å²) in [7, 11) is 0. The monoisotopic (exact) mass is 230 g/mol. The maximum atomic E-state index is 11.0. The van der Waals surface area contributed by atoms with Crippen LogP contribution in [0.5, 0.6) is 11.6 Å². The number of carbonyl (C=O) groups is 1. The Labute approximate surface area is 97.7 Å². The van der Waals surface area contributed by atoms with Gasteiger partial charge in [0.2, 0.25) is 5.88 Å². The van der Waals surface area contributed by atoms with Crippen LogP contribution in [-0.4, -0.2) is 21.3 Å². The third-order valence-corrected chi connectivity index (χ3v) is 2.13. The van der Waals surface area contributed by atoms with Crippen LogP contribution in [0.3, 0.4) is 0 Å². The van der Waals surface area contributed by atoms with Crippen LogP contribution < -0.4 is 4.74 Å². The first-order valence-electron chi connectivity index (χ1n) is 4.96. The Hall–Kier alpha value is -2.43. The molecule has 1 aromatic heterocycles. The highest BCUT2D eigenvalue weighted by Gasteiger charge is 2.12. The second-order valence-corrected chi connectivity index (χ2v) is 3.47. The minimum atomic E-state index is -1.04. The zero-order chi connectivity index (χ0) is 12.3. The molecule has 0 spiro atoms. The van der Waals surface area contributed by atoms with Crippen molar-refractivity contribution in [1.82, 2.24) is 10.2 Å². The molecule has 0 aliphatic rings. The van der Waals surface area contributed by atoms with Crippen LogP contribution in [0.25, 0.3) is 0 Å². The largest absolute Gasteiger partial charge is 0.478 e. The van der Waals surface area contributed by atoms with Gasteiger partial charge in [0, 0.05) is 12.3 Å². The van der Waals surface area contributed by atoms with E-state index in [4.69, 9.17) is 9.84 Å². The molecule has 17 heavy (non-hydrogen) atoms. The highest BCUT2D eigenvalue weighted by atomic mass is 16.5. The predicted molar refractivity (Wildman–Crippen MR) is 60.2 cm³/mol. The van der Waals surface area contributed by atoms with Gasteiger partial charge < -0.3 is 9.84 Å². The van der Waals surface area contributed by atoms with Crippen molar-refractivity contribution in [2.24, 2.45) is 0 Å². The minimum absolute atomic E-state index is 0.0984. The molecule has 0 bridgehead atoms. The average Bonchev–Trinajstić information content (AvgIpc) is 2.30. The van der Waals surface area contributed by atoms with Gasteiger partial charge in [-0.3, -0.25) is 0 Å². The van der Waals surface area contributed by atoms with Gasteiger partial charge >= 0.3 is 5.97 Å². The van der Waals surface area contributed by atoms with Crippen molar-refractivity contribution >= 4 is 5.97 Å². The van der Waals surface area contributed by atoms with Crippen molar-refractivity contribution in [3.63, 3.8) is 0 Å². The Morgan fingerprint density at radius 3 is 2.82 bits per heavy atom. The first kappa shape index (κ1) is 11.1. The maximum Gasteiger partial charge on any atom is 0.339 e. The molecular formula is C12H10N2O3. The molecule has 0 saturated carbocycles.